The standard InChI is InChI=1S/C54H84O23/c1-11-22(2)45(69)77-43-42(66)54(21-70-23(3)57)25(18-49(43,4)5)24-12-13-29-51(8)16-15-30(50(6,7)28(51)14-17-52(29,9)53(24,10)40(64)41(54)65)73-48-39(76-47-35(62)33(60)31(58)26(19-55)71-47)37(36(63)38(75-48)44(67)68)74-46-34(61)32(59)27(20-56)72-46/h11-12,25-43,46-48,55-56,58-66H,13-21H2,1-10H3,(H,67,68)/b22-11-/t25-,26+,27-,28-,29+,30-,31-,32-,33-,34+,35+,36-,37-,38-,39+,40-,41+,42-,43-,46-,47-,48+,51-,52+,53-,54-/m0/s1. The van der Waals surface area contributed by atoms with E-state index in [-0.39, 0.29) is 11.8 Å². The molecular weight excluding hydrogens is 1020 g/mol. The van der Waals surface area contributed by atoms with Crippen molar-refractivity contribution in [2.45, 2.75) is 224 Å². The molecule has 12 N–H and O–H groups in total. The van der Waals surface area contributed by atoms with E-state index in [4.69, 9.17) is 37.9 Å². The molecular formula is C54H84O23. The van der Waals surface area contributed by atoms with E-state index < -0.39 is 193 Å². The number of carboxylic acids is 1. The molecule has 0 aromatic carbocycles. The van der Waals surface area contributed by atoms with Crippen LogP contribution in [0, 0.1) is 50.2 Å². The van der Waals surface area contributed by atoms with Gasteiger partial charge in [0.2, 0.25) is 0 Å². The number of allylic oxidation sites excluding steroid dienone is 2. The van der Waals surface area contributed by atoms with Crippen LogP contribution < -0.4 is 0 Å². The van der Waals surface area contributed by atoms with Crippen molar-refractivity contribution in [3.05, 3.63) is 23.3 Å². The minimum Gasteiger partial charge on any atom is -0.479 e. The molecule has 8 rings (SSSR count). The molecule has 0 unspecified atom stereocenters. The molecule has 4 saturated carbocycles. The molecule has 0 amide bonds. The van der Waals surface area contributed by atoms with Gasteiger partial charge >= 0.3 is 17.9 Å². The molecule has 3 aliphatic heterocycles. The molecule has 0 bridgehead atoms. The normalized spacial score (nSPS) is 50.2. The number of carbonyl (C=O) groups excluding carboxylic acids is 2. The molecule has 26 atom stereocenters. The number of ether oxygens (including phenoxy) is 8. The van der Waals surface area contributed by atoms with Gasteiger partial charge in [-0.15, -0.1) is 0 Å². The molecule has 8 aliphatic rings. The lowest BCUT2D eigenvalue weighted by Crippen LogP contribution is -2.76. The number of carbonyl (C=O) groups is 3. The highest BCUT2D eigenvalue weighted by atomic mass is 16.8. The van der Waals surface area contributed by atoms with Gasteiger partial charge in [-0.05, 0) is 86.4 Å². The Morgan fingerprint density at radius 3 is 1.84 bits per heavy atom. The Bertz CT molecular complexity index is 2250. The van der Waals surface area contributed by atoms with Gasteiger partial charge in [-0.25, -0.2) is 9.59 Å². The van der Waals surface area contributed by atoms with Crippen LogP contribution in [0.3, 0.4) is 0 Å². The summed E-state index contributed by atoms with van der Waals surface area (Å²) in [7, 11) is 0. The third kappa shape index (κ3) is 9.45. The fourth-order valence-corrected chi connectivity index (χ4v) is 16.0. The summed E-state index contributed by atoms with van der Waals surface area (Å²) in [6.07, 6.45) is -25.6. The molecule has 77 heavy (non-hydrogen) atoms. The zero-order chi connectivity index (χ0) is 57.0. The summed E-state index contributed by atoms with van der Waals surface area (Å²) in [5.41, 5.74) is -4.51. The van der Waals surface area contributed by atoms with Crippen LogP contribution in [0.15, 0.2) is 23.3 Å². The van der Waals surface area contributed by atoms with Crippen LogP contribution in [0.2, 0.25) is 0 Å². The molecule has 438 valence electrons. The highest BCUT2D eigenvalue weighted by Gasteiger charge is 2.76. The van der Waals surface area contributed by atoms with Gasteiger partial charge in [-0.1, -0.05) is 66.2 Å². The Morgan fingerprint density at radius 1 is 0.688 bits per heavy atom. The Hall–Kier alpha value is -2.79. The lowest BCUT2D eigenvalue weighted by atomic mass is 9.32. The van der Waals surface area contributed by atoms with Crippen LogP contribution in [-0.2, 0) is 52.3 Å². The molecule has 23 nitrogen and oxygen atoms in total. The molecule has 3 saturated heterocycles. The van der Waals surface area contributed by atoms with Gasteiger partial charge in [-0.2, -0.15) is 0 Å². The predicted molar refractivity (Wildman–Crippen MR) is 263 cm³/mol. The minimum absolute atomic E-state index is 0.141. The summed E-state index contributed by atoms with van der Waals surface area (Å²) < 4.78 is 48.1. The first-order chi connectivity index (χ1) is 35.8. The average Bonchev–Trinajstić information content (AvgIpc) is 3.77. The first kappa shape index (κ1) is 60.3. The third-order valence-corrected chi connectivity index (χ3v) is 20.7. The molecule has 3 heterocycles. The Balaban J connectivity index is 1.13. The summed E-state index contributed by atoms with van der Waals surface area (Å²) in [5, 5.41) is 134. The van der Waals surface area contributed by atoms with E-state index in [0.29, 0.717) is 44.1 Å². The van der Waals surface area contributed by atoms with Crippen LogP contribution in [-0.4, -0.2) is 216 Å². The zero-order valence-corrected chi connectivity index (χ0v) is 45.6. The van der Waals surface area contributed by atoms with Gasteiger partial charge in [0.1, 0.15) is 79.9 Å². The summed E-state index contributed by atoms with van der Waals surface area (Å²) in [6.45, 7) is 16.6. The van der Waals surface area contributed by atoms with Gasteiger partial charge in [0.15, 0.2) is 25.0 Å². The quantitative estimate of drug-likeness (QED) is 0.0470. The van der Waals surface area contributed by atoms with Gasteiger partial charge in [0, 0.05) is 23.3 Å². The van der Waals surface area contributed by atoms with E-state index >= 15 is 0 Å². The van der Waals surface area contributed by atoms with Crippen molar-refractivity contribution in [1.82, 2.24) is 0 Å². The van der Waals surface area contributed by atoms with E-state index in [1.165, 1.54) is 6.92 Å². The fraction of sp³-hybridized carbons (Fsp3) is 0.870. The Labute approximate surface area is 448 Å². The van der Waals surface area contributed by atoms with E-state index in [1.54, 1.807) is 19.9 Å². The van der Waals surface area contributed by atoms with Crippen molar-refractivity contribution in [2.75, 3.05) is 19.8 Å². The van der Waals surface area contributed by atoms with Gasteiger partial charge in [0.05, 0.1) is 36.9 Å². The van der Waals surface area contributed by atoms with Crippen molar-refractivity contribution in [2.24, 2.45) is 50.2 Å². The number of hydrogen-bond acceptors (Lipinski definition) is 22. The minimum atomic E-state index is -2.12. The first-order valence-electron chi connectivity index (χ1n) is 27.0. The van der Waals surface area contributed by atoms with Crippen molar-refractivity contribution >= 4 is 17.9 Å². The number of carboxylic acid groups (broad SMARTS) is 1. The second-order valence-corrected chi connectivity index (χ2v) is 25.3. The highest BCUT2D eigenvalue weighted by molar-refractivity contribution is 5.87. The number of esters is 2. The first-order valence-corrected chi connectivity index (χ1v) is 27.0. The van der Waals surface area contributed by atoms with E-state index in [9.17, 15) is 75.7 Å². The average molecular weight is 1100 g/mol. The third-order valence-electron chi connectivity index (χ3n) is 20.7. The SMILES string of the molecule is C/C=C(/C)C(=O)O[C@H]1[C@H](O)[C@]2(COC(C)=O)[C@H](O)[C@H](O)[C@]3(C)C(=CC[C@@H]4[C@@]5(C)CC[C@H](O[C@@H]6O[C@H](C(=O)O)[C@@H](O)[C@H](O[C@@H]7O[C@@H](CO)[C@H](O)[C@H]7O)[C@H]6O[C@@H]6O[C@H](CO)[C@H](O)[C@H](O)[C@H]6O)C(C)(C)[C@@H]5CC[C@]43C)[C@@H]2CC1(C)C. The van der Waals surface area contributed by atoms with Crippen molar-refractivity contribution in [3.8, 4) is 0 Å². The van der Waals surface area contributed by atoms with Crippen molar-refractivity contribution < 1.29 is 114 Å². The number of hydrogen-bond donors (Lipinski definition) is 12. The van der Waals surface area contributed by atoms with Gasteiger partial charge < -0.3 is 99.2 Å². The van der Waals surface area contributed by atoms with Crippen LogP contribution in [0.4, 0.5) is 0 Å². The van der Waals surface area contributed by atoms with E-state index in [2.05, 4.69) is 19.9 Å². The van der Waals surface area contributed by atoms with Crippen LogP contribution >= 0.6 is 0 Å². The van der Waals surface area contributed by atoms with E-state index in [0.717, 1.165) is 5.57 Å². The number of aliphatic hydroxyl groups is 11. The molecule has 7 fully saturated rings. The zero-order valence-electron chi connectivity index (χ0n) is 45.6. The smallest absolute Gasteiger partial charge is 0.335 e. The maximum atomic E-state index is 13.3. The largest absolute Gasteiger partial charge is 0.479 e. The molecule has 0 aromatic heterocycles. The van der Waals surface area contributed by atoms with Crippen LogP contribution in [0.5, 0.6) is 0 Å². The number of fused-ring (bicyclic) bond motifs is 7. The van der Waals surface area contributed by atoms with Crippen molar-refractivity contribution in [3.63, 3.8) is 0 Å². The van der Waals surface area contributed by atoms with Gasteiger partial charge in [0.25, 0.3) is 0 Å². The number of aliphatic carboxylic acids is 1. The van der Waals surface area contributed by atoms with Crippen molar-refractivity contribution in [1.29, 1.82) is 0 Å². The number of rotatable bonds is 13. The topological polar surface area (TPSA) is 368 Å². The highest BCUT2D eigenvalue weighted by Crippen LogP contribution is 2.76. The van der Waals surface area contributed by atoms with Gasteiger partial charge in [-0.3, -0.25) is 4.79 Å². The fourth-order valence-electron chi connectivity index (χ4n) is 16.0. The Kier molecular flexibility index (Phi) is 16.8. The number of aliphatic hydroxyl groups excluding tert-OH is 11. The molecule has 0 radical (unpaired) electrons. The van der Waals surface area contributed by atoms with Crippen LogP contribution in [0.25, 0.3) is 0 Å². The Morgan fingerprint density at radius 2 is 1.27 bits per heavy atom. The predicted octanol–water partition coefficient (Wildman–Crippen LogP) is -0.684. The summed E-state index contributed by atoms with van der Waals surface area (Å²) in [6, 6.07) is 0. The molecule has 0 aromatic rings. The summed E-state index contributed by atoms with van der Waals surface area (Å²) in [5.74, 6) is -3.89. The molecule has 5 aliphatic carbocycles. The summed E-state index contributed by atoms with van der Waals surface area (Å²) in [4.78, 5) is 38.7. The lowest BCUT2D eigenvalue weighted by Gasteiger charge is -2.73. The second-order valence-electron chi connectivity index (χ2n) is 25.3. The summed E-state index contributed by atoms with van der Waals surface area (Å²) >= 11 is 0. The lowest BCUT2D eigenvalue weighted by molar-refractivity contribution is -0.386. The molecule has 23 heteroatoms. The second kappa shape index (κ2) is 21.5. The van der Waals surface area contributed by atoms with E-state index in [1.807, 2.05) is 34.6 Å². The maximum absolute atomic E-state index is 13.3. The molecule has 0 spiro atoms. The maximum Gasteiger partial charge on any atom is 0.335 e. The monoisotopic (exact) mass is 1100 g/mol. The van der Waals surface area contributed by atoms with Crippen LogP contribution in [0.1, 0.15) is 108 Å².